The standard InChI is InChI=1S/C22H23Cl2N7O3/c1-13-3-4-16(11-17(13)24)26-20-27-21(29-22(28-20)31-5-7-34-8-6-31)30-25-12-14-9-15(23)10-18(33-2)19(14)32/h3-4,9-12,32H,5-8H2,1-2H3,(H2,26,27,28,29,30)/b25-12-. The monoisotopic (exact) mass is 503 g/mol. The van der Waals surface area contributed by atoms with Gasteiger partial charge in [-0.15, -0.1) is 0 Å². The fraction of sp³-hybridized carbons (Fsp3) is 0.273. The Labute approximate surface area is 206 Å². The molecule has 2 aromatic carbocycles. The number of aromatic nitrogens is 3. The molecule has 1 fully saturated rings. The van der Waals surface area contributed by atoms with Crippen LogP contribution in [-0.2, 0) is 4.74 Å². The number of morpholine rings is 1. The van der Waals surface area contributed by atoms with Gasteiger partial charge in [-0.05, 0) is 30.7 Å². The zero-order valence-corrected chi connectivity index (χ0v) is 20.1. The molecule has 3 N–H and O–H groups in total. The van der Waals surface area contributed by atoms with E-state index >= 15 is 0 Å². The number of halogens is 2. The zero-order chi connectivity index (χ0) is 24.1. The number of hydrogen-bond donors (Lipinski definition) is 3. The summed E-state index contributed by atoms with van der Waals surface area (Å²) in [6.45, 7) is 4.40. The normalized spacial score (nSPS) is 13.8. The molecule has 0 aliphatic carbocycles. The lowest BCUT2D eigenvalue weighted by atomic mass is 10.2. The van der Waals surface area contributed by atoms with Crippen molar-refractivity contribution >= 4 is 52.9 Å². The van der Waals surface area contributed by atoms with Crippen LogP contribution in [0.1, 0.15) is 11.1 Å². The SMILES string of the molecule is COc1cc(Cl)cc(/C=N\Nc2nc(Nc3ccc(C)c(Cl)c3)nc(N3CCOCC3)n2)c1O. The summed E-state index contributed by atoms with van der Waals surface area (Å²) < 4.78 is 10.5. The molecule has 4 rings (SSSR count). The average Bonchev–Trinajstić information content (AvgIpc) is 2.84. The molecule has 0 bridgehead atoms. The van der Waals surface area contributed by atoms with Gasteiger partial charge in [0.25, 0.3) is 0 Å². The molecule has 1 aliphatic heterocycles. The maximum atomic E-state index is 10.3. The molecule has 0 atom stereocenters. The third kappa shape index (κ3) is 5.77. The summed E-state index contributed by atoms with van der Waals surface area (Å²) in [7, 11) is 1.44. The average molecular weight is 504 g/mol. The molecule has 178 valence electrons. The van der Waals surface area contributed by atoms with Crippen LogP contribution in [0.15, 0.2) is 35.4 Å². The van der Waals surface area contributed by atoms with Gasteiger partial charge in [0.05, 0.1) is 26.5 Å². The van der Waals surface area contributed by atoms with Crippen molar-refractivity contribution in [2.75, 3.05) is 49.1 Å². The number of nitrogens with one attached hydrogen (secondary N) is 2. The van der Waals surface area contributed by atoms with Gasteiger partial charge in [-0.2, -0.15) is 20.1 Å². The summed E-state index contributed by atoms with van der Waals surface area (Å²) in [5, 5.41) is 18.6. The van der Waals surface area contributed by atoms with Crippen LogP contribution in [0.2, 0.25) is 10.0 Å². The van der Waals surface area contributed by atoms with Gasteiger partial charge in [0.15, 0.2) is 11.5 Å². The van der Waals surface area contributed by atoms with Crippen molar-refractivity contribution in [1.29, 1.82) is 0 Å². The highest BCUT2D eigenvalue weighted by atomic mass is 35.5. The first kappa shape index (κ1) is 23.8. The number of methoxy groups -OCH3 is 1. The summed E-state index contributed by atoms with van der Waals surface area (Å²) in [6.07, 6.45) is 1.40. The first-order valence-corrected chi connectivity index (χ1v) is 11.2. The van der Waals surface area contributed by atoms with Crippen LogP contribution < -0.4 is 20.4 Å². The van der Waals surface area contributed by atoms with Gasteiger partial charge in [0.1, 0.15) is 0 Å². The van der Waals surface area contributed by atoms with Gasteiger partial charge in [-0.25, -0.2) is 5.43 Å². The van der Waals surface area contributed by atoms with Crippen molar-refractivity contribution in [2.45, 2.75) is 6.92 Å². The topological polar surface area (TPSA) is 117 Å². The highest BCUT2D eigenvalue weighted by Crippen LogP contribution is 2.32. The number of aromatic hydroxyl groups is 1. The third-order valence-electron chi connectivity index (χ3n) is 5.00. The van der Waals surface area contributed by atoms with Crippen LogP contribution in [0.3, 0.4) is 0 Å². The molecule has 1 saturated heterocycles. The number of benzene rings is 2. The summed E-state index contributed by atoms with van der Waals surface area (Å²) in [5.41, 5.74) is 4.86. The number of hydrogen-bond acceptors (Lipinski definition) is 10. The van der Waals surface area contributed by atoms with Crippen LogP contribution in [0.25, 0.3) is 0 Å². The predicted octanol–water partition coefficient (Wildman–Crippen LogP) is 4.23. The van der Waals surface area contributed by atoms with E-state index in [2.05, 4.69) is 30.8 Å². The predicted molar refractivity (Wildman–Crippen MR) is 133 cm³/mol. The summed E-state index contributed by atoms with van der Waals surface area (Å²) >= 11 is 12.3. The van der Waals surface area contributed by atoms with Crippen molar-refractivity contribution in [1.82, 2.24) is 15.0 Å². The minimum absolute atomic E-state index is 0.0827. The third-order valence-corrected chi connectivity index (χ3v) is 5.63. The highest BCUT2D eigenvalue weighted by Gasteiger charge is 2.17. The van der Waals surface area contributed by atoms with Crippen molar-refractivity contribution in [2.24, 2.45) is 5.10 Å². The molecule has 0 spiro atoms. The first-order chi connectivity index (χ1) is 16.4. The molecule has 34 heavy (non-hydrogen) atoms. The molecule has 1 aromatic heterocycles. The fourth-order valence-corrected chi connectivity index (χ4v) is 3.58. The Morgan fingerprint density at radius 2 is 1.88 bits per heavy atom. The van der Waals surface area contributed by atoms with Gasteiger partial charge in [0, 0.05) is 40.5 Å². The Hall–Kier alpha value is -3.34. The van der Waals surface area contributed by atoms with Crippen molar-refractivity contribution < 1.29 is 14.6 Å². The molecule has 0 amide bonds. The van der Waals surface area contributed by atoms with Crippen molar-refractivity contribution in [3.8, 4) is 11.5 Å². The number of rotatable bonds is 7. The van der Waals surface area contributed by atoms with Crippen molar-refractivity contribution in [3.63, 3.8) is 0 Å². The lowest BCUT2D eigenvalue weighted by Crippen LogP contribution is -2.37. The molecule has 2 heterocycles. The minimum Gasteiger partial charge on any atom is -0.504 e. The number of phenolic OH excluding ortho intramolecular Hbond substituents is 1. The van der Waals surface area contributed by atoms with E-state index in [1.165, 1.54) is 19.4 Å². The lowest BCUT2D eigenvalue weighted by Gasteiger charge is -2.27. The summed E-state index contributed by atoms with van der Waals surface area (Å²) in [6, 6.07) is 8.67. The van der Waals surface area contributed by atoms with Crippen LogP contribution in [0.4, 0.5) is 23.5 Å². The van der Waals surface area contributed by atoms with E-state index < -0.39 is 0 Å². The Bertz CT molecular complexity index is 1200. The Morgan fingerprint density at radius 1 is 1.12 bits per heavy atom. The Morgan fingerprint density at radius 3 is 2.62 bits per heavy atom. The molecule has 0 saturated carbocycles. The van der Waals surface area contributed by atoms with E-state index in [0.717, 1.165) is 11.3 Å². The van der Waals surface area contributed by atoms with Crippen LogP contribution >= 0.6 is 23.2 Å². The number of ether oxygens (including phenoxy) is 2. The number of aryl methyl sites for hydroxylation is 1. The molecule has 10 nitrogen and oxygen atoms in total. The van der Waals surface area contributed by atoms with Gasteiger partial charge in [-0.1, -0.05) is 29.3 Å². The number of anilines is 4. The van der Waals surface area contributed by atoms with E-state index in [-0.39, 0.29) is 17.4 Å². The van der Waals surface area contributed by atoms with Crippen molar-refractivity contribution in [3.05, 3.63) is 51.5 Å². The van der Waals surface area contributed by atoms with Crippen LogP contribution in [0, 0.1) is 6.92 Å². The molecule has 1 aliphatic rings. The van der Waals surface area contributed by atoms with E-state index in [1.807, 2.05) is 24.0 Å². The fourth-order valence-electron chi connectivity index (χ4n) is 3.18. The smallest absolute Gasteiger partial charge is 0.250 e. The van der Waals surface area contributed by atoms with Gasteiger partial charge in [0.2, 0.25) is 17.8 Å². The molecular formula is C22H23Cl2N7O3. The van der Waals surface area contributed by atoms with E-state index in [9.17, 15) is 5.11 Å². The minimum atomic E-state index is -0.0827. The van der Waals surface area contributed by atoms with E-state index in [0.29, 0.717) is 53.8 Å². The number of hydrazone groups is 1. The van der Waals surface area contributed by atoms with E-state index in [4.69, 9.17) is 32.7 Å². The molecule has 0 radical (unpaired) electrons. The molecule has 12 heteroatoms. The van der Waals surface area contributed by atoms with Crippen LogP contribution in [0.5, 0.6) is 11.5 Å². The molecule has 0 unspecified atom stereocenters. The van der Waals surface area contributed by atoms with Gasteiger partial charge >= 0.3 is 0 Å². The van der Waals surface area contributed by atoms with Gasteiger partial charge < -0.3 is 24.8 Å². The summed E-state index contributed by atoms with van der Waals surface area (Å²) in [4.78, 5) is 15.4. The Balaban J connectivity index is 1.60. The number of nitrogens with zero attached hydrogens (tertiary/aromatic N) is 5. The second-order valence-corrected chi connectivity index (χ2v) is 8.23. The Kier molecular flexibility index (Phi) is 7.51. The quantitative estimate of drug-likeness (QED) is 0.321. The molecular weight excluding hydrogens is 481 g/mol. The molecule has 3 aromatic rings. The maximum Gasteiger partial charge on any atom is 0.250 e. The van der Waals surface area contributed by atoms with Gasteiger partial charge in [-0.3, -0.25) is 0 Å². The van der Waals surface area contributed by atoms with Crippen LogP contribution in [-0.4, -0.2) is 59.7 Å². The lowest BCUT2D eigenvalue weighted by molar-refractivity contribution is 0.122. The second kappa shape index (κ2) is 10.7. The zero-order valence-electron chi connectivity index (χ0n) is 18.5. The largest absolute Gasteiger partial charge is 0.504 e. The second-order valence-electron chi connectivity index (χ2n) is 7.39. The first-order valence-electron chi connectivity index (χ1n) is 10.4. The number of phenols is 1. The summed E-state index contributed by atoms with van der Waals surface area (Å²) in [5.74, 6) is 1.17. The van der Waals surface area contributed by atoms with E-state index in [1.54, 1.807) is 12.1 Å². The highest BCUT2D eigenvalue weighted by molar-refractivity contribution is 6.31. The maximum absolute atomic E-state index is 10.3.